The Morgan fingerprint density at radius 3 is 3.05 bits per heavy atom. The zero-order chi connectivity index (χ0) is 15.0. The lowest BCUT2D eigenvalue weighted by molar-refractivity contribution is 0.177. The fourth-order valence-corrected chi connectivity index (χ4v) is 3.53. The number of nitrogens with zero attached hydrogens (tertiary/aromatic N) is 3. The van der Waals surface area contributed by atoms with Crippen LogP contribution in [-0.4, -0.2) is 29.5 Å². The highest BCUT2D eigenvalue weighted by molar-refractivity contribution is 5.63. The van der Waals surface area contributed by atoms with E-state index in [-0.39, 0.29) is 5.41 Å². The van der Waals surface area contributed by atoms with E-state index in [1.165, 1.54) is 18.4 Å². The van der Waals surface area contributed by atoms with Gasteiger partial charge in [0.25, 0.3) is 0 Å². The van der Waals surface area contributed by atoms with Gasteiger partial charge in [-0.2, -0.15) is 5.26 Å². The number of pyridine rings is 1. The third kappa shape index (κ3) is 2.75. The van der Waals surface area contributed by atoms with Crippen LogP contribution in [0, 0.1) is 17.2 Å². The van der Waals surface area contributed by atoms with Crippen LogP contribution in [0.15, 0.2) is 6.07 Å². The van der Waals surface area contributed by atoms with E-state index >= 15 is 0 Å². The number of piperidine rings is 1. The van der Waals surface area contributed by atoms with Gasteiger partial charge < -0.3 is 5.32 Å². The van der Waals surface area contributed by atoms with Crippen LogP contribution < -0.4 is 5.32 Å². The SMILES string of the molecule is C[C@H]1CCCN(Cc2cc(C#N)nc3c2NCC3(C)C)C1. The first-order chi connectivity index (χ1) is 9.99. The number of fused-ring (bicyclic) bond motifs is 1. The smallest absolute Gasteiger partial charge is 0.141 e. The summed E-state index contributed by atoms with van der Waals surface area (Å²) in [5.74, 6) is 0.772. The number of anilines is 1. The summed E-state index contributed by atoms with van der Waals surface area (Å²) in [6.07, 6.45) is 2.61. The van der Waals surface area contributed by atoms with Gasteiger partial charge in [-0.25, -0.2) is 4.98 Å². The van der Waals surface area contributed by atoms with Crippen LogP contribution in [0.3, 0.4) is 0 Å². The molecule has 2 aliphatic heterocycles. The molecule has 0 unspecified atom stereocenters. The number of rotatable bonds is 2. The standard InChI is InChI=1S/C17H24N4/c1-12-5-4-6-21(9-12)10-13-7-14(8-18)20-16-15(13)19-11-17(16,2)3/h7,12,19H,4-6,9-11H2,1-3H3/t12-/m0/s1. The lowest BCUT2D eigenvalue weighted by Gasteiger charge is -2.31. The molecule has 0 spiro atoms. The molecule has 2 aliphatic rings. The molecule has 3 heterocycles. The Bertz CT molecular complexity index is 585. The molecule has 1 N–H and O–H groups in total. The zero-order valence-electron chi connectivity index (χ0n) is 13.2. The third-order valence-electron chi connectivity index (χ3n) is 4.70. The van der Waals surface area contributed by atoms with Gasteiger partial charge in [-0.3, -0.25) is 4.90 Å². The highest BCUT2D eigenvalue weighted by Gasteiger charge is 2.34. The molecule has 0 saturated carbocycles. The molecule has 0 aliphatic carbocycles. The molecule has 0 amide bonds. The van der Waals surface area contributed by atoms with Gasteiger partial charge in [-0.05, 0) is 36.9 Å². The molecule has 0 radical (unpaired) electrons. The maximum atomic E-state index is 9.26. The zero-order valence-corrected chi connectivity index (χ0v) is 13.2. The van der Waals surface area contributed by atoms with E-state index in [1.54, 1.807) is 0 Å². The first-order valence-corrected chi connectivity index (χ1v) is 7.90. The average molecular weight is 284 g/mol. The van der Waals surface area contributed by atoms with Gasteiger partial charge in [0.05, 0.1) is 11.4 Å². The summed E-state index contributed by atoms with van der Waals surface area (Å²) >= 11 is 0. The van der Waals surface area contributed by atoms with Crippen LogP contribution in [0.2, 0.25) is 0 Å². The quantitative estimate of drug-likeness (QED) is 0.907. The maximum Gasteiger partial charge on any atom is 0.141 e. The predicted octanol–water partition coefficient (Wildman–Crippen LogP) is 2.89. The fraction of sp³-hybridized carbons (Fsp3) is 0.647. The molecule has 1 fully saturated rings. The van der Waals surface area contributed by atoms with Crippen LogP contribution >= 0.6 is 0 Å². The second-order valence-electron chi connectivity index (χ2n) is 7.22. The Morgan fingerprint density at radius 1 is 1.52 bits per heavy atom. The lowest BCUT2D eigenvalue weighted by Crippen LogP contribution is -2.34. The van der Waals surface area contributed by atoms with E-state index in [9.17, 15) is 5.26 Å². The van der Waals surface area contributed by atoms with E-state index < -0.39 is 0 Å². The van der Waals surface area contributed by atoms with Crippen molar-refractivity contribution in [2.45, 2.75) is 45.6 Å². The van der Waals surface area contributed by atoms with Crippen LogP contribution in [0.5, 0.6) is 0 Å². The van der Waals surface area contributed by atoms with Crippen molar-refractivity contribution in [3.05, 3.63) is 23.0 Å². The number of nitrogens with one attached hydrogen (secondary N) is 1. The summed E-state index contributed by atoms with van der Waals surface area (Å²) in [4.78, 5) is 7.06. The van der Waals surface area contributed by atoms with Crippen LogP contribution in [0.4, 0.5) is 5.69 Å². The highest BCUT2D eigenvalue weighted by atomic mass is 15.1. The van der Waals surface area contributed by atoms with Gasteiger partial charge in [-0.15, -0.1) is 0 Å². The lowest BCUT2D eigenvalue weighted by atomic mass is 9.90. The average Bonchev–Trinajstić information content (AvgIpc) is 2.75. The van der Waals surface area contributed by atoms with Gasteiger partial charge in [0, 0.05) is 25.0 Å². The van der Waals surface area contributed by atoms with E-state index in [1.807, 2.05) is 6.07 Å². The minimum Gasteiger partial charge on any atom is -0.382 e. The van der Waals surface area contributed by atoms with Crippen molar-refractivity contribution in [2.24, 2.45) is 5.92 Å². The Hall–Kier alpha value is -1.60. The molecule has 1 aromatic rings. The Morgan fingerprint density at radius 2 is 2.33 bits per heavy atom. The molecule has 21 heavy (non-hydrogen) atoms. The maximum absolute atomic E-state index is 9.26. The summed E-state index contributed by atoms with van der Waals surface area (Å²) in [7, 11) is 0. The summed E-state index contributed by atoms with van der Waals surface area (Å²) in [6, 6.07) is 4.19. The van der Waals surface area contributed by atoms with Gasteiger partial charge in [0.1, 0.15) is 11.8 Å². The van der Waals surface area contributed by atoms with Crippen molar-refractivity contribution in [1.82, 2.24) is 9.88 Å². The van der Waals surface area contributed by atoms with Crippen molar-refractivity contribution >= 4 is 5.69 Å². The van der Waals surface area contributed by atoms with Gasteiger partial charge >= 0.3 is 0 Å². The fourth-order valence-electron chi connectivity index (χ4n) is 3.53. The van der Waals surface area contributed by atoms with E-state index in [0.29, 0.717) is 5.69 Å². The molecular formula is C17H24N4. The highest BCUT2D eigenvalue weighted by Crippen LogP contribution is 2.38. The molecule has 1 saturated heterocycles. The summed E-state index contributed by atoms with van der Waals surface area (Å²) in [6.45, 7) is 10.8. The largest absolute Gasteiger partial charge is 0.382 e. The van der Waals surface area contributed by atoms with Crippen LogP contribution in [0.1, 0.15) is 50.6 Å². The number of aromatic nitrogens is 1. The molecular weight excluding hydrogens is 260 g/mol. The van der Waals surface area contributed by atoms with Crippen molar-refractivity contribution in [1.29, 1.82) is 5.26 Å². The van der Waals surface area contributed by atoms with Gasteiger partial charge in [0.2, 0.25) is 0 Å². The number of nitriles is 1. The second kappa shape index (κ2) is 5.31. The summed E-state index contributed by atoms with van der Waals surface area (Å²) in [5.41, 5.74) is 4.01. The van der Waals surface area contributed by atoms with Crippen molar-refractivity contribution < 1.29 is 0 Å². The third-order valence-corrected chi connectivity index (χ3v) is 4.70. The van der Waals surface area contributed by atoms with Gasteiger partial charge in [-0.1, -0.05) is 20.8 Å². The van der Waals surface area contributed by atoms with E-state index in [2.05, 4.69) is 42.0 Å². The minimum atomic E-state index is 0.00608. The van der Waals surface area contributed by atoms with Crippen LogP contribution in [-0.2, 0) is 12.0 Å². The van der Waals surface area contributed by atoms with E-state index in [0.717, 1.165) is 43.5 Å². The molecule has 4 heteroatoms. The molecule has 0 aromatic carbocycles. The second-order valence-corrected chi connectivity index (χ2v) is 7.22. The molecule has 0 bridgehead atoms. The number of hydrogen-bond donors (Lipinski definition) is 1. The normalized spacial score (nSPS) is 24.2. The van der Waals surface area contributed by atoms with E-state index in [4.69, 9.17) is 0 Å². The Kier molecular flexibility index (Phi) is 3.62. The van der Waals surface area contributed by atoms with Gasteiger partial charge in [0.15, 0.2) is 0 Å². The van der Waals surface area contributed by atoms with Crippen LogP contribution in [0.25, 0.3) is 0 Å². The summed E-state index contributed by atoms with van der Waals surface area (Å²) < 4.78 is 0. The Labute approximate surface area is 127 Å². The molecule has 3 rings (SSSR count). The molecule has 4 nitrogen and oxygen atoms in total. The van der Waals surface area contributed by atoms with Crippen molar-refractivity contribution in [3.8, 4) is 6.07 Å². The first kappa shape index (κ1) is 14.3. The number of hydrogen-bond acceptors (Lipinski definition) is 4. The minimum absolute atomic E-state index is 0.00608. The topological polar surface area (TPSA) is 52.0 Å². The molecule has 112 valence electrons. The van der Waals surface area contributed by atoms with Crippen molar-refractivity contribution in [3.63, 3.8) is 0 Å². The number of likely N-dealkylation sites (tertiary alicyclic amines) is 1. The Balaban J connectivity index is 1.92. The summed E-state index contributed by atoms with van der Waals surface area (Å²) in [5, 5.41) is 12.8. The van der Waals surface area contributed by atoms with Crippen molar-refractivity contribution in [2.75, 3.05) is 25.0 Å². The molecule has 1 aromatic heterocycles. The predicted molar refractivity (Wildman–Crippen MR) is 84.1 cm³/mol. The first-order valence-electron chi connectivity index (χ1n) is 7.90. The molecule has 1 atom stereocenters. The monoisotopic (exact) mass is 284 g/mol.